The summed E-state index contributed by atoms with van der Waals surface area (Å²) in [6, 6.07) is 7.95. The van der Waals surface area contributed by atoms with E-state index in [4.69, 9.17) is 11.6 Å². The first-order chi connectivity index (χ1) is 13.4. The van der Waals surface area contributed by atoms with Gasteiger partial charge in [-0.3, -0.25) is 4.90 Å². The molecule has 7 heteroatoms. The number of hydrogen-bond acceptors (Lipinski definition) is 6. The first-order valence-electron chi connectivity index (χ1n) is 9.60. The number of piperazine rings is 1. The normalized spacial score (nSPS) is 16.6. The molecule has 3 heterocycles. The predicted octanol–water partition coefficient (Wildman–Crippen LogP) is 4.45. The maximum atomic E-state index is 6.06. The topological polar surface area (TPSA) is 44.3 Å². The third-order valence-electron chi connectivity index (χ3n) is 5.57. The van der Waals surface area contributed by atoms with E-state index in [0.717, 1.165) is 64.9 Å². The number of nitrogens with zero attached hydrogens (tertiary/aromatic N) is 4. The number of fused-ring (bicyclic) bond motifs is 1. The van der Waals surface area contributed by atoms with Gasteiger partial charge >= 0.3 is 0 Å². The van der Waals surface area contributed by atoms with Crippen LogP contribution in [0, 0.1) is 0 Å². The Kier molecular flexibility index (Phi) is 5.56. The third kappa shape index (κ3) is 4.01. The Morgan fingerprint density at radius 2 is 1.82 bits per heavy atom. The van der Waals surface area contributed by atoms with Gasteiger partial charge in [-0.25, -0.2) is 9.97 Å². The smallest absolute Gasteiger partial charge is 0.138 e. The summed E-state index contributed by atoms with van der Waals surface area (Å²) in [5.74, 6) is 0.901. The first-order valence-corrected chi connectivity index (χ1v) is 10.9. The molecule has 1 N–H and O–H groups in total. The van der Waals surface area contributed by atoms with Crippen molar-refractivity contribution in [2.24, 2.45) is 0 Å². The maximum Gasteiger partial charge on any atom is 0.138 e. The predicted molar refractivity (Wildman–Crippen MR) is 119 cm³/mol. The average Bonchev–Trinajstić information content (AvgIpc) is 3.12. The quantitative estimate of drug-likeness (QED) is 0.666. The molecule has 1 saturated heterocycles. The van der Waals surface area contributed by atoms with Crippen molar-refractivity contribution < 1.29 is 0 Å². The van der Waals surface area contributed by atoms with Gasteiger partial charge in [0.2, 0.25) is 0 Å². The second-order valence-electron chi connectivity index (χ2n) is 8.02. The van der Waals surface area contributed by atoms with E-state index in [0.29, 0.717) is 0 Å². The van der Waals surface area contributed by atoms with Gasteiger partial charge in [0.15, 0.2) is 0 Å². The summed E-state index contributed by atoms with van der Waals surface area (Å²) < 4.78 is 0. The van der Waals surface area contributed by atoms with Gasteiger partial charge in [0, 0.05) is 54.2 Å². The minimum Gasteiger partial charge on any atom is -0.368 e. The van der Waals surface area contributed by atoms with E-state index in [1.54, 1.807) is 17.7 Å². The van der Waals surface area contributed by atoms with E-state index in [1.165, 1.54) is 0 Å². The van der Waals surface area contributed by atoms with Crippen LogP contribution in [0.3, 0.4) is 0 Å². The number of hydrogen-bond donors (Lipinski definition) is 1. The van der Waals surface area contributed by atoms with Crippen LogP contribution in [0.2, 0.25) is 5.02 Å². The van der Waals surface area contributed by atoms with Crippen LogP contribution < -0.4 is 5.32 Å². The van der Waals surface area contributed by atoms with Crippen molar-refractivity contribution >= 4 is 39.0 Å². The summed E-state index contributed by atoms with van der Waals surface area (Å²) in [5.41, 5.74) is 2.33. The van der Waals surface area contributed by atoms with Gasteiger partial charge in [0.05, 0.1) is 5.39 Å². The average molecular weight is 416 g/mol. The van der Waals surface area contributed by atoms with Gasteiger partial charge in [-0.1, -0.05) is 23.7 Å². The Labute approximate surface area is 175 Å². The minimum absolute atomic E-state index is 0.0506. The zero-order chi connectivity index (χ0) is 19.7. The highest BCUT2D eigenvalue weighted by Gasteiger charge is 2.29. The lowest BCUT2D eigenvalue weighted by Gasteiger charge is -2.43. The number of nitrogens with one attached hydrogen (secondary N) is 1. The van der Waals surface area contributed by atoms with Gasteiger partial charge in [-0.2, -0.15) is 0 Å². The Bertz CT molecular complexity index is 945. The fourth-order valence-electron chi connectivity index (χ4n) is 3.67. The molecule has 0 radical (unpaired) electrons. The molecule has 1 aliphatic rings. The molecule has 0 atom stereocenters. The van der Waals surface area contributed by atoms with E-state index in [2.05, 4.69) is 63.5 Å². The molecule has 0 spiro atoms. The van der Waals surface area contributed by atoms with E-state index >= 15 is 0 Å². The highest BCUT2D eigenvalue weighted by atomic mass is 35.5. The summed E-state index contributed by atoms with van der Waals surface area (Å²) in [6.45, 7) is 9.87. The van der Waals surface area contributed by atoms with E-state index in [9.17, 15) is 0 Å². The van der Waals surface area contributed by atoms with Crippen molar-refractivity contribution in [2.45, 2.75) is 19.4 Å². The summed E-state index contributed by atoms with van der Waals surface area (Å²) in [4.78, 5) is 15.0. The minimum atomic E-state index is 0.0506. The van der Waals surface area contributed by atoms with Gasteiger partial charge in [0.1, 0.15) is 17.0 Å². The van der Waals surface area contributed by atoms with Crippen LogP contribution in [0.25, 0.3) is 21.3 Å². The van der Waals surface area contributed by atoms with Crippen molar-refractivity contribution in [3.05, 3.63) is 41.0 Å². The molecule has 28 heavy (non-hydrogen) atoms. The number of aromatic nitrogens is 2. The lowest BCUT2D eigenvalue weighted by molar-refractivity contribution is 0.0699. The molecule has 1 aliphatic heterocycles. The van der Waals surface area contributed by atoms with Crippen LogP contribution in [-0.2, 0) is 0 Å². The van der Waals surface area contributed by atoms with Crippen LogP contribution in [0.5, 0.6) is 0 Å². The second kappa shape index (κ2) is 7.95. The fraction of sp³-hybridized carbons (Fsp3) is 0.429. The molecule has 0 amide bonds. The Balaban J connectivity index is 1.59. The van der Waals surface area contributed by atoms with Crippen molar-refractivity contribution in [1.82, 2.24) is 19.8 Å². The molecule has 0 aliphatic carbocycles. The number of halogens is 1. The molecule has 4 rings (SSSR count). The standard InChI is InChI=1S/C21H26ClN5S/c1-21(2,27-10-8-26(3)9-11-27)13-23-19-18-17(12-28-20(18)25-14-24-19)15-4-6-16(22)7-5-15/h4-7,12,14H,8-11,13H2,1-3H3,(H,23,24,25). The lowest BCUT2D eigenvalue weighted by atomic mass is 10.0. The van der Waals surface area contributed by atoms with Gasteiger partial charge in [-0.05, 0) is 38.6 Å². The molecule has 0 saturated carbocycles. The Morgan fingerprint density at radius 1 is 1.11 bits per heavy atom. The fourth-order valence-corrected chi connectivity index (χ4v) is 4.72. The summed E-state index contributed by atoms with van der Waals surface area (Å²) in [5, 5.41) is 7.60. The van der Waals surface area contributed by atoms with Crippen LogP contribution in [0.1, 0.15) is 13.8 Å². The van der Waals surface area contributed by atoms with E-state index < -0.39 is 0 Å². The van der Waals surface area contributed by atoms with Gasteiger partial charge in [-0.15, -0.1) is 11.3 Å². The lowest BCUT2D eigenvalue weighted by Crippen LogP contribution is -2.56. The number of thiophene rings is 1. The van der Waals surface area contributed by atoms with Crippen molar-refractivity contribution in [3.8, 4) is 11.1 Å². The molecule has 1 fully saturated rings. The first kappa shape index (κ1) is 19.6. The van der Waals surface area contributed by atoms with Gasteiger partial charge in [0.25, 0.3) is 0 Å². The number of anilines is 1. The zero-order valence-corrected chi connectivity index (χ0v) is 18.1. The molecule has 148 valence electrons. The van der Waals surface area contributed by atoms with Crippen LogP contribution in [-0.4, -0.2) is 65.1 Å². The molecule has 5 nitrogen and oxygen atoms in total. The number of benzene rings is 1. The zero-order valence-electron chi connectivity index (χ0n) is 16.6. The molecule has 1 aromatic carbocycles. The van der Waals surface area contributed by atoms with Gasteiger partial charge < -0.3 is 10.2 Å². The maximum absolute atomic E-state index is 6.06. The van der Waals surface area contributed by atoms with Crippen molar-refractivity contribution in [1.29, 1.82) is 0 Å². The number of likely N-dealkylation sites (N-methyl/N-ethyl adjacent to an activating group) is 1. The highest BCUT2D eigenvalue weighted by Crippen LogP contribution is 2.37. The van der Waals surface area contributed by atoms with Crippen molar-refractivity contribution in [3.63, 3.8) is 0 Å². The van der Waals surface area contributed by atoms with Crippen LogP contribution >= 0.6 is 22.9 Å². The molecular weight excluding hydrogens is 390 g/mol. The molecule has 0 bridgehead atoms. The molecular formula is C21H26ClN5S. The Hall–Kier alpha value is -1.73. The summed E-state index contributed by atoms with van der Waals surface area (Å²) in [7, 11) is 2.19. The van der Waals surface area contributed by atoms with E-state index in [-0.39, 0.29) is 5.54 Å². The molecule has 2 aromatic heterocycles. The van der Waals surface area contributed by atoms with Crippen LogP contribution in [0.15, 0.2) is 36.0 Å². The molecule has 0 unspecified atom stereocenters. The Morgan fingerprint density at radius 3 is 2.54 bits per heavy atom. The summed E-state index contributed by atoms with van der Waals surface area (Å²) in [6.07, 6.45) is 1.65. The highest BCUT2D eigenvalue weighted by molar-refractivity contribution is 7.17. The third-order valence-corrected chi connectivity index (χ3v) is 6.71. The summed E-state index contributed by atoms with van der Waals surface area (Å²) >= 11 is 7.71. The number of rotatable bonds is 5. The largest absolute Gasteiger partial charge is 0.368 e. The molecule has 3 aromatic rings. The second-order valence-corrected chi connectivity index (χ2v) is 9.31. The van der Waals surface area contributed by atoms with E-state index in [1.807, 2.05) is 12.1 Å². The SMILES string of the molecule is CN1CCN(C(C)(C)CNc2ncnc3scc(-c4ccc(Cl)cc4)c23)CC1. The monoisotopic (exact) mass is 415 g/mol. The van der Waals surface area contributed by atoms with Crippen molar-refractivity contribution in [2.75, 3.05) is 45.1 Å². The van der Waals surface area contributed by atoms with Crippen LogP contribution in [0.4, 0.5) is 5.82 Å².